The Labute approximate surface area is 111 Å². The van der Waals surface area contributed by atoms with Crippen LogP contribution in [0.5, 0.6) is 0 Å². The molecule has 18 heavy (non-hydrogen) atoms. The van der Waals surface area contributed by atoms with E-state index in [1.165, 1.54) is 19.3 Å². The molecule has 0 bridgehead atoms. The molecule has 2 fully saturated rings. The minimum atomic E-state index is 0.492. The van der Waals surface area contributed by atoms with Gasteiger partial charge in [-0.3, -0.25) is 4.99 Å². The molecule has 0 radical (unpaired) electrons. The summed E-state index contributed by atoms with van der Waals surface area (Å²) in [5.41, 5.74) is 0.492. The lowest BCUT2D eigenvalue weighted by atomic mass is 10.1. The molecule has 1 unspecified atom stereocenters. The number of hydrogen-bond acceptors (Lipinski definition) is 2. The highest BCUT2D eigenvalue weighted by molar-refractivity contribution is 5.80. The van der Waals surface area contributed by atoms with Gasteiger partial charge in [-0.15, -0.1) is 0 Å². The number of guanidine groups is 1. The molecular weight excluding hydrogens is 226 g/mol. The normalized spacial score (nSPS) is 26.5. The van der Waals surface area contributed by atoms with Gasteiger partial charge in [-0.2, -0.15) is 0 Å². The largest absolute Gasteiger partial charge is 0.384 e. The van der Waals surface area contributed by atoms with Crippen molar-refractivity contribution in [2.24, 2.45) is 16.3 Å². The molecule has 1 N–H and O–H groups in total. The Balaban J connectivity index is 1.89. The maximum absolute atomic E-state index is 5.25. The maximum atomic E-state index is 5.25. The molecule has 0 amide bonds. The predicted molar refractivity (Wildman–Crippen MR) is 74.9 cm³/mol. The average molecular weight is 253 g/mol. The summed E-state index contributed by atoms with van der Waals surface area (Å²) in [6.45, 7) is 9.44. The molecule has 0 spiro atoms. The monoisotopic (exact) mass is 253 g/mol. The number of nitrogens with zero attached hydrogens (tertiary/aromatic N) is 2. The third-order valence-corrected chi connectivity index (χ3v) is 4.04. The highest BCUT2D eigenvalue weighted by Crippen LogP contribution is 2.45. The quantitative estimate of drug-likeness (QED) is 0.599. The van der Waals surface area contributed by atoms with E-state index in [4.69, 9.17) is 9.73 Å². The number of ether oxygens (including phenoxy) is 1. The van der Waals surface area contributed by atoms with Crippen molar-refractivity contribution < 1.29 is 4.74 Å². The van der Waals surface area contributed by atoms with Crippen LogP contribution in [0.25, 0.3) is 0 Å². The standard InChI is InChI=1S/C14H27N3O/c1-4-15-13(16-11-14(2)6-7-14)17-8-5-12(9-17)10-18-3/h12H,4-11H2,1-3H3,(H,15,16). The van der Waals surface area contributed by atoms with Crippen LogP contribution in [-0.4, -0.2) is 50.8 Å². The van der Waals surface area contributed by atoms with E-state index in [0.29, 0.717) is 11.3 Å². The van der Waals surface area contributed by atoms with Crippen LogP contribution < -0.4 is 5.32 Å². The second-order valence-corrected chi connectivity index (χ2v) is 6.04. The first-order chi connectivity index (χ1) is 8.67. The molecule has 1 atom stereocenters. The summed E-state index contributed by atoms with van der Waals surface area (Å²) in [5.74, 6) is 1.76. The molecule has 1 aliphatic heterocycles. The Morgan fingerprint density at radius 2 is 2.28 bits per heavy atom. The number of nitrogens with one attached hydrogen (secondary N) is 1. The van der Waals surface area contributed by atoms with Gasteiger partial charge in [-0.1, -0.05) is 6.92 Å². The van der Waals surface area contributed by atoms with Gasteiger partial charge in [0, 0.05) is 39.2 Å². The Kier molecular flexibility index (Phi) is 4.49. The van der Waals surface area contributed by atoms with Gasteiger partial charge >= 0.3 is 0 Å². The van der Waals surface area contributed by atoms with Crippen molar-refractivity contribution >= 4 is 5.96 Å². The zero-order chi connectivity index (χ0) is 13.0. The summed E-state index contributed by atoms with van der Waals surface area (Å²) < 4.78 is 5.25. The third-order valence-electron chi connectivity index (χ3n) is 4.04. The number of methoxy groups -OCH3 is 1. The maximum Gasteiger partial charge on any atom is 0.193 e. The molecule has 1 heterocycles. The van der Waals surface area contributed by atoms with E-state index in [1.807, 2.05) is 0 Å². The van der Waals surface area contributed by atoms with Crippen LogP contribution in [0.4, 0.5) is 0 Å². The van der Waals surface area contributed by atoms with Crippen molar-refractivity contribution in [3.05, 3.63) is 0 Å². The van der Waals surface area contributed by atoms with Crippen LogP contribution >= 0.6 is 0 Å². The van der Waals surface area contributed by atoms with Gasteiger partial charge < -0.3 is 15.0 Å². The highest BCUT2D eigenvalue weighted by Gasteiger charge is 2.37. The van der Waals surface area contributed by atoms with E-state index in [1.54, 1.807) is 7.11 Å². The third kappa shape index (κ3) is 3.61. The second kappa shape index (κ2) is 5.91. The lowest BCUT2D eigenvalue weighted by Crippen LogP contribution is -2.40. The fraction of sp³-hybridized carbons (Fsp3) is 0.929. The Morgan fingerprint density at radius 3 is 2.89 bits per heavy atom. The first-order valence-corrected chi connectivity index (χ1v) is 7.19. The molecule has 0 aromatic heterocycles. The zero-order valence-electron chi connectivity index (χ0n) is 12.0. The first kappa shape index (κ1) is 13.7. The molecule has 0 aromatic carbocycles. The van der Waals surface area contributed by atoms with Crippen molar-refractivity contribution in [2.45, 2.75) is 33.1 Å². The number of likely N-dealkylation sites (tertiary alicyclic amines) is 1. The lowest BCUT2D eigenvalue weighted by Gasteiger charge is -2.22. The Hall–Kier alpha value is -0.770. The van der Waals surface area contributed by atoms with Crippen molar-refractivity contribution in [3.63, 3.8) is 0 Å². The van der Waals surface area contributed by atoms with Crippen molar-refractivity contribution in [1.82, 2.24) is 10.2 Å². The van der Waals surface area contributed by atoms with Gasteiger partial charge in [0.25, 0.3) is 0 Å². The summed E-state index contributed by atoms with van der Waals surface area (Å²) in [7, 11) is 1.79. The van der Waals surface area contributed by atoms with E-state index in [2.05, 4.69) is 24.1 Å². The smallest absolute Gasteiger partial charge is 0.193 e. The predicted octanol–water partition coefficient (Wildman–Crippen LogP) is 1.72. The molecule has 104 valence electrons. The molecule has 4 heteroatoms. The summed E-state index contributed by atoms with van der Waals surface area (Å²) in [6.07, 6.45) is 3.89. The number of hydrogen-bond donors (Lipinski definition) is 1. The SMILES string of the molecule is CCNC(=NCC1(C)CC1)N1CCC(COC)C1. The number of rotatable bonds is 5. The fourth-order valence-corrected chi connectivity index (χ4v) is 2.46. The summed E-state index contributed by atoms with van der Waals surface area (Å²) >= 11 is 0. The Bertz CT molecular complexity index is 299. The second-order valence-electron chi connectivity index (χ2n) is 6.04. The van der Waals surface area contributed by atoms with Gasteiger partial charge in [0.05, 0.1) is 6.61 Å². The molecule has 1 saturated heterocycles. The van der Waals surface area contributed by atoms with Gasteiger partial charge in [0.15, 0.2) is 5.96 Å². The van der Waals surface area contributed by atoms with Crippen LogP contribution in [0, 0.1) is 11.3 Å². The minimum Gasteiger partial charge on any atom is -0.384 e. The van der Waals surface area contributed by atoms with E-state index >= 15 is 0 Å². The lowest BCUT2D eigenvalue weighted by molar-refractivity contribution is 0.157. The average Bonchev–Trinajstić information content (AvgIpc) is 2.90. The van der Waals surface area contributed by atoms with E-state index in [9.17, 15) is 0 Å². The van der Waals surface area contributed by atoms with Crippen LogP contribution in [0.2, 0.25) is 0 Å². The van der Waals surface area contributed by atoms with Crippen molar-refractivity contribution in [2.75, 3.05) is 39.9 Å². The van der Waals surface area contributed by atoms with Crippen LogP contribution in [0.15, 0.2) is 4.99 Å². The molecule has 2 rings (SSSR count). The molecule has 2 aliphatic rings. The summed E-state index contributed by atoms with van der Waals surface area (Å²) in [4.78, 5) is 7.20. The molecule has 4 nitrogen and oxygen atoms in total. The molecular formula is C14H27N3O. The highest BCUT2D eigenvalue weighted by atomic mass is 16.5. The minimum absolute atomic E-state index is 0.492. The summed E-state index contributed by atoms with van der Waals surface area (Å²) in [6, 6.07) is 0. The Morgan fingerprint density at radius 1 is 1.50 bits per heavy atom. The van der Waals surface area contributed by atoms with Crippen LogP contribution in [0.3, 0.4) is 0 Å². The topological polar surface area (TPSA) is 36.9 Å². The molecule has 0 aromatic rings. The van der Waals surface area contributed by atoms with E-state index in [-0.39, 0.29) is 0 Å². The van der Waals surface area contributed by atoms with Gasteiger partial charge in [-0.05, 0) is 31.6 Å². The van der Waals surface area contributed by atoms with Crippen molar-refractivity contribution in [3.8, 4) is 0 Å². The van der Waals surface area contributed by atoms with Gasteiger partial charge in [-0.25, -0.2) is 0 Å². The molecule has 1 saturated carbocycles. The van der Waals surface area contributed by atoms with Gasteiger partial charge in [0.2, 0.25) is 0 Å². The zero-order valence-corrected chi connectivity index (χ0v) is 12.0. The first-order valence-electron chi connectivity index (χ1n) is 7.19. The van der Waals surface area contributed by atoms with Crippen molar-refractivity contribution in [1.29, 1.82) is 0 Å². The van der Waals surface area contributed by atoms with Crippen LogP contribution in [0.1, 0.15) is 33.1 Å². The summed E-state index contributed by atoms with van der Waals surface area (Å²) in [5, 5.41) is 3.42. The van der Waals surface area contributed by atoms with E-state index < -0.39 is 0 Å². The molecule has 1 aliphatic carbocycles. The fourth-order valence-electron chi connectivity index (χ4n) is 2.46. The van der Waals surface area contributed by atoms with Crippen LogP contribution in [-0.2, 0) is 4.74 Å². The van der Waals surface area contributed by atoms with Gasteiger partial charge in [0.1, 0.15) is 0 Å². The van der Waals surface area contributed by atoms with E-state index in [0.717, 1.165) is 38.7 Å². The number of aliphatic imine (C=N–C) groups is 1.